The highest BCUT2D eigenvalue weighted by atomic mass is 32.1. The summed E-state index contributed by atoms with van der Waals surface area (Å²) in [6, 6.07) is 18.1. The molecule has 0 saturated carbocycles. The van der Waals surface area contributed by atoms with Crippen molar-refractivity contribution >= 4 is 38.6 Å². The number of imidazole rings is 1. The molecule has 5 aromatic rings. The molecule has 0 amide bonds. The third kappa shape index (κ3) is 6.94. The van der Waals surface area contributed by atoms with Crippen LogP contribution in [0.4, 0.5) is 0 Å². The standard InChI is InChI=1S/C36H41N5O4S/c1-23-37-30-18-24(8-11-32(30)46-23)22-44-34-7-5-6-28(39-34)25-12-15-40(16-13-25)21-33-38-29-10-9-26(35(42)45-36(2,3)4)19-31(29)41(33)20-27-14-17-43-27/h5-11,18-19,25,27H,12-17,20-22H2,1-4H3/t27-/m0/s1. The zero-order chi connectivity index (χ0) is 31.8. The summed E-state index contributed by atoms with van der Waals surface area (Å²) >= 11 is 1.71. The smallest absolute Gasteiger partial charge is 0.338 e. The molecule has 0 spiro atoms. The van der Waals surface area contributed by atoms with E-state index >= 15 is 0 Å². The molecule has 2 fully saturated rings. The molecule has 7 rings (SSSR count). The lowest BCUT2D eigenvalue weighted by Crippen LogP contribution is -2.35. The van der Waals surface area contributed by atoms with Crippen LogP contribution in [0.15, 0.2) is 54.6 Å². The molecule has 0 radical (unpaired) electrons. The second-order valence-electron chi connectivity index (χ2n) is 13.4. The van der Waals surface area contributed by atoms with Crippen molar-refractivity contribution in [3.8, 4) is 5.88 Å². The van der Waals surface area contributed by atoms with Crippen molar-refractivity contribution < 1.29 is 19.0 Å². The quantitative estimate of drug-likeness (QED) is 0.159. The number of carbonyl (C=O) groups is 1. The molecule has 0 N–H and O–H groups in total. The lowest BCUT2D eigenvalue weighted by molar-refractivity contribution is -0.0592. The number of carbonyl (C=O) groups excluding carboxylic acids is 1. The molecule has 0 unspecified atom stereocenters. The number of aromatic nitrogens is 4. The number of pyridine rings is 1. The molecule has 1 atom stereocenters. The van der Waals surface area contributed by atoms with Gasteiger partial charge in [-0.05, 0) is 102 Å². The Kier molecular flexibility index (Phi) is 8.52. The zero-order valence-corrected chi connectivity index (χ0v) is 27.8. The minimum Gasteiger partial charge on any atom is -0.473 e. The number of hydrogen-bond acceptors (Lipinski definition) is 9. The Bertz CT molecular complexity index is 1860. The molecule has 2 aliphatic rings. The number of aryl methyl sites for hydroxylation is 1. The molecule has 9 nitrogen and oxygen atoms in total. The van der Waals surface area contributed by atoms with Gasteiger partial charge in [0.1, 0.15) is 18.0 Å². The average molecular weight is 640 g/mol. The van der Waals surface area contributed by atoms with E-state index in [2.05, 4.69) is 38.7 Å². The van der Waals surface area contributed by atoms with Gasteiger partial charge in [0.05, 0.1) is 51.0 Å². The van der Waals surface area contributed by atoms with E-state index in [4.69, 9.17) is 24.2 Å². The van der Waals surface area contributed by atoms with E-state index in [1.54, 1.807) is 11.3 Å². The maximum Gasteiger partial charge on any atom is 0.338 e. The van der Waals surface area contributed by atoms with Crippen LogP contribution in [0.2, 0.25) is 0 Å². The second-order valence-corrected chi connectivity index (χ2v) is 14.6. The van der Waals surface area contributed by atoms with Crippen LogP contribution >= 0.6 is 11.3 Å². The van der Waals surface area contributed by atoms with Crippen LogP contribution in [0.25, 0.3) is 21.3 Å². The number of likely N-dealkylation sites (tertiary alicyclic amines) is 1. The number of piperidine rings is 1. The first-order chi connectivity index (χ1) is 22.2. The number of benzene rings is 2. The topological polar surface area (TPSA) is 91.6 Å². The second kappa shape index (κ2) is 12.7. The van der Waals surface area contributed by atoms with E-state index in [1.165, 1.54) is 4.70 Å². The highest BCUT2D eigenvalue weighted by Crippen LogP contribution is 2.30. The highest BCUT2D eigenvalue weighted by Gasteiger charge is 2.27. The van der Waals surface area contributed by atoms with Crippen molar-refractivity contribution in [3.63, 3.8) is 0 Å². The summed E-state index contributed by atoms with van der Waals surface area (Å²) in [7, 11) is 0. The Hall–Kier alpha value is -3.86. The number of nitrogens with zero attached hydrogens (tertiary/aromatic N) is 5. The van der Waals surface area contributed by atoms with E-state index in [0.29, 0.717) is 24.0 Å². The number of esters is 1. The monoisotopic (exact) mass is 639 g/mol. The molecule has 3 aromatic heterocycles. The Morgan fingerprint density at radius 1 is 1.00 bits per heavy atom. The first-order valence-electron chi connectivity index (χ1n) is 16.2. The van der Waals surface area contributed by atoms with Crippen LogP contribution in [-0.2, 0) is 29.2 Å². The Morgan fingerprint density at radius 2 is 1.83 bits per heavy atom. The SMILES string of the molecule is Cc1nc2cc(COc3cccc(C4CCN(Cc5nc6ccc(C(=O)OC(C)(C)C)cc6n5C[C@@H]5CCO5)CC4)n3)ccc2s1. The molecule has 10 heteroatoms. The molecule has 46 heavy (non-hydrogen) atoms. The molecule has 2 aromatic carbocycles. The summed E-state index contributed by atoms with van der Waals surface area (Å²) < 4.78 is 21.0. The van der Waals surface area contributed by atoms with Gasteiger partial charge in [-0.3, -0.25) is 4.90 Å². The van der Waals surface area contributed by atoms with Crippen LogP contribution in [0.1, 0.15) is 78.4 Å². The van der Waals surface area contributed by atoms with E-state index in [0.717, 1.165) is 90.7 Å². The van der Waals surface area contributed by atoms with E-state index < -0.39 is 5.60 Å². The minimum atomic E-state index is -0.552. The molecular weight excluding hydrogens is 598 g/mol. The van der Waals surface area contributed by atoms with Crippen LogP contribution in [0.3, 0.4) is 0 Å². The van der Waals surface area contributed by atoms with Crippen LogP contribution in [0, 0.1) is 6.92 Å². The summed E-state index contributed by atoms with van der Waals surface area (Å²) in [5.41, 5.74) is 5.03. The molecular formula is C36H41N5O4S. The molecule has 0 aliphatic carbocycles. The van der Waals surface area contributed by atoms with Gasteiger partial charge in [0.25, 0.3) is 0 Å². The third-order valence-corrected chi connectivity index (χ3v) is 9.65. The fraction of sp³-hybridized carbons (Fsp3) is 0.444. The Labute approximate surface area is 273 Å². The van der Waals surface area contributed by atoms with Crippen molar-refractivity contribution in [2.45, 2.75) is 84.3 Å². The van der Waals surface area contributed by atoms with Gasteiger partial charge >= 0.3 is 5.97 Å². The lowest BCUT2D eigenvalue weighted by Gasteiger charge is -2.32. The molecule has 240 valence electrons. The first-order valence-corrected chi connectivity index (χ1v) is 17.0. The van der Waals surface area contributed by atoms with Gasteiger partial charge in [-0.2, -0.15) is 0 Å². The fourth-order valence-electron chi connectivity index (χ4n) is 6.25. The van der Waals surface area contributed by atoms with Crippen molar-refractivity contribution in [3.05, 3.63) is 82.3 Å². The van der Waals surface area contributed by atoms with Gasteiger partial charge in [0.15, 0.2) is 0 Å². The van der Waals surface area contributed by atoms with Gasteiger partial charge in [0, 0.05) is 24.3 Å². The van der Waals surface area contributed by atoms with E-state index in [9.17, 15) is 4.79 Å². The molecule has 2 saturated heterocycles. The average Bonchev–Trinajstić information content (AvgIpc) is 3.55. The van der Waals surface area contributed by atoms with Gasteiger partial charge in [0.2, 0.25) is 5.88 Å². The number of ether oxygens (including phenoxy) is 3. The maximum atomic E-state index is 12.8. The van der Waals surface area contributed by atoms with Crippen LogP contribution < -0.4 is 4.74 Å². The van der Waals surface area contributed by atoms with Crippen molar-refractivity contribution in [1.82, 2.24) is 24.4 Å². The number of thiazole rings is 1. The third-order valence-electron chi connectivity index (χ3n) is 8.70. The van der Waals surface area contributed by atoms with Gasteiger partial charge in [-0.15, -0.1) is 11.3 Å². The van der Waals surface area contributed by atoms with Gasteiger partial charge < -0.3 is 18.8 Å². The van der Waals surface area contributed by atoms with Gasteiger partial charge in [-0.25, -0.2) is 19.7 Å². The minimum absolute atomic E-state index is 0.173. The first kappa shape index (κ1) is 30.8. The summed E-state index contributed by atoms with van der Waals surface area (Å²) in [5.74, 6) is 1.73. The molecule has 5 heterocycles. The van der Waals surface area contributed by atoms with Crippen LogP contribution in [-0.4, -0.2) is 61.8 Å². The van der Waals surface area contributed by atoms with E-state index in [-0.39, 0.29) is 12.1 Å². The van der Waals surface area contributed by atoms with Crippen LogP contribution in [0.5, 0.6) is 5.88 Å². The van der Waals surface area contributed by atoms with Crippen molar-refractivity contribution in [1.29, 1.82) is 0 Å². The van der Waals surface area contributed by atoms with E-state index in [1.807, 2.05) is 58.0 Å². The normalized spacial score (nSPS) is 17.8. The Balaban J connectivity index is 1.00. The maximum absolute atomic E-state index is 12.8. The predicted molar refractivity (Wildman–Crippen MR) is 179 cm³/mol. The number of rotatable bonds is 9. The summed E-state index contributed by atoms with van der Waals surface area (Å²) in [6.45, 7) is 12.3. The van der Waals surface area contributed by atoms with Crippen molar-refractivity contribution in [2.75, 3.05) is 19.7 Å². The largest absolute Gasteiger partial charge is 0.473 e. The fourth-order valence-corrected chi connectivity index (χ4v) is 7.06. The number of hydrogen-bond donors (Lipinski definition) is 0. The molecule has 0 bridgehead atoms. The van der Waals surface area contributed by atoms with Crippen molar-refractivity contribution in [2.24, 2.45) is 0 Å². The summed E-state index contributed by atoms with van der Waals surface area (Å²) in [4.78, 5) is 29.9. The summed E-state index contributed by atoms with van der Waals surface area (Å²) in [5, 5.41) is 1.07. The molecule has 2 aliphatic heterocycles. The summed E-state index contributed by atoms with van der Waals surface area (Å²) in [6.07, 6.45) is 3.25. The zero-order valence-electron chi connectivity index (χ0n) is 27.0. The lowest BCUT2D eigenvalue weighted by atomic mass is 9.93. The van der Waals surface area contributed by atoms with Gasteiger partial charge in [-0.1, -0.05) is 12.1 Å². The highest BCUT2D eigenvalue weighted by molar-refractivity contribution is 7.18. The number of fused-ring (bicyclic) bond motifs is 2. The predicted octanol–water partition coefficient (Wildman–Crippen LogP) is 7.05. The Morgan fingerprint density at radius 3 is 2.59 bits per heavy atom.